The Bertz CT molecular complexity index is 211. The molecule has 0 aromatic heterocycles. The molecule has 1 aliphatic carbocycles. The molecular weight excluding hydrogens is 224 g/mol. The van der Waals surface area contributed by atoms with Crippen molar-refractivity contribution in [2.75, 3.05) is 33.3 Å². The summed E-state index contributed by atoms with van der Waals surface area (Å²) in [4.78, 5) is 2.30. The van der Waals surface area contributed by atoms with Crippen molar-refractivity contribution in [2.24, 2.45) is 5.41 Å². The molecule has 3 heteroatoms. The number of likely N-dealkylation sites (N-methyl/N-ethyl adjacent to an activating group) is 1. The van der Waals surface area contributed by atoms with E-state index in [0.29, 0.717) is 11.5 Å². The second-order valence-corrected chi connectivity index (χ2v) is 6.41. The Kier molecular flexibility index (Phi) is 7.20. The zero-order valence-corrected chi connectivity index (χ0v) is 12.5. The molecule has 1 fully saturated rings. The molecule has 0 aliphatic heterocycles. The van der Waals surface area contributed by atoms with Gasteiger partial charge in [-0.1, -0.05) is 39.5 Å². The molecule has 0 aromatic carbocycles. The fraction of sp³-hybridized carbons (Fsp3) is 1.00. The molecule has 18 heavy (non-hydrogen) atoms. The van der Waals surface area contributed by atoms with Crippen molar-refractivity contribution in [1.82, 2.24) is 10.2 Å². The predicted octanol–water partition coefficient (Wildman–Crippen LogP) is 2.25. The van der Waals surface area contributed by atoms with E-state index in [0.717, 1.165) is 19.6 Å². The summed E-state index contributed by atoms with van der Waals surface area (Å²) >= 11 is 0. The highest BCUT2D eigenvalue weighted by molar-refractivity contribution is 4.86. The van der Waals surface area contributed by atoms with Crippen LogP contribution in [0, 0.1) is 5.41 Å². The molecule has 0 atom stereocenters. The summed E-state index contributed by atoms with van der Waals surface area (Å²) in [6.07, 6.45) is 8.20. The maximum atomic E-state index is 9.07. The summed E-state index contributed by atoms with van der Waals surface area (Å²) < 4.78 is 0. The molecule has 108 valence electrons. The number of hydrogen-bond donors (Lipinski definition) is 2. The topological polar surface area (TPSA) is 35.5 Å². The van der Waals surface area contributed by atoms with Crippen LogP contribution in [-0.4, -0.2) is 49.3 Å². The van der Waals surface area contributed by atoms with Crippen LogP contribution in [0.1, 0.15) is 52.4 Å². The monoisotopic (exact) mass is 256 g/mol. The van der Waals surface area contributed by atoms with E-state index in [9.17, 15) is 0 Å². The summed E-state index contributed by atoms with van der Waals surface area (Å²) in [6, 6.07) is 0.563. The fourth-order valence-electron chi connectivity index (χ4n) is 3.11. The van der Waals surface area contributed by atoms with E-state index in [1.807, 2.05) is 0 Å². The highest BCUT2D eigenvalue weighted by atomic mass is 16.3. The van der Waals surface area contributed by atoms with Gasteiger partial charge in [0.05, 0.1) is 6.61 Å². The van der Waals surface area contributed by atoms with Crippen LogP contribution in [0.5, 0.6) is 0 Å². The Morgan fingerprint density at radius 2 is 1.78 bits per heavy atom. The van der Waals surface area contributed by atoms with Gasteiger partial charge >= 0.3 is 0 Å². The van der Waals surface area contributed by atoms with E-state index >= 15 is 0 Å². The van der Waals surface area contributed by atoms with Gasteiger partial charge in [0.2, 0.25) is 0 Å². The Balaban J connectivity index is 2.59. The van der Waals surface area contributed by atoms with Gasteiger partial charge < -0.3 is 15.3 Å². The first-order chi connectivity index (χ1) is 8.58. The molecule has 0 amide bonds. The molecule has 1 aliphatic rings. The van der Waals surface area contributed by atoms with Gasteiger partial charge in [-0.15, -0.1) is 0 Å². The van der Waals surface area contributed by atoms with Crippen LogP contribution < -0.4 is 5.32 Å². The molecule has 0 bridgehead atoms. The van der Waals surface area contributed by atoms with Gasteiger partial charge in [0.1, 0.15) is 0 Å². The molecule has 2 N–H and O–H groups in total. The van der Waals surface area contributed by atoms with Gasteiger partial charge in [0, 0.05) is 25.7 Å². The molecule has 0 radical (unpaired) electrons. The van der Waals surface area contributed by atoms with Crippen LogP contribution >= 0.6 is 0 Å². The lowest BCUT2D eigenvalue weighted by atomic mass is 9.79. The average Bonchev–Trinajstić information content (AvgIpc) is 2.53. The minimum atomic E-state index is 0.268. The predicted molar refractivity (Wildman–Crippen MR) is 77.9 cm³/mol. The van der Waals surface area contributed by atoms with Crippen molar-refractivity contribution >= 4 is 0 Å². The van der Waals surface area contributed by atoms with E-state index in [1.54, 1.807) is 0 Å². The minimum Gasteiger partial charge on any atom is -0.395 e. The number of hydrogen-bond acceptors (Lipinski definition) is 3. The molecule has 1 saturated carbocycles. The number of aliphatic hydroxyl groups is 1. The first-order valence-electron chi connectivity index (χ1n) is 7.61. The molecular formula is C15H32N2O. The van der Waals surface area contributed by atoms with Crippen LogP contribution in [-0.2, 0) is 0 Å². The number of nitrogens with zero attached hydrogens (tertiary/aromatic N) is 1. The third kappa shape index (κ3) is 5.68. The lowest BCUT2D eigenvalue weighted by Gasteiger charge is -2.37. The molecule has 3 nitrogen and oxygen atoms in total. The number of aliphatic hydroxyl groups excluding tert-OH is 1. The SMILES string of the molecule is CC(C)NCC1(CN(C)CCO)CCCCCC1. The van der Waals surface area contributed by atoms with E-state index in [4.69, 9.17) is 5.11 Å². The van der Waals surface area contributed by atoms with E-state index in [-0.39, 0.29) is 6.61 Å². The zero-order chi connectivity index (χ0) is 13.4. The number of rotatable bonds is 7. The van der Waals surface area contributed by atoms with Crippen molar-refractivity contribution in [3.8, 4) is 0 Å². The van der Waals surface area contributed by atoms with E-state index in [1.165, 1.54) is 38.5 Å². The van der Waals surface area contributed by atoms with Crippen molar-refractivity contribution in [3.05, 3.63) is 0 Å². The molecule has 0 unspecified atom stereocenters. The largest absolute Gasteiger partial charge is 0.395 e. The van der Waals surface area contributed by atoms with Crippen molar-refractivity contribution < 1.29 is 5.11 Å². The van der Waals surface area contributed by atoms with Gasteiger partial charge in [-0.2, -0.15) is 0 Å². The van der Waals surface area contributed by atoms with Crippen LogP contribution in [0.4, 0.5) is 0 Å². The standard InChI is InChI=1S/C15H32N2O/c1-14(2)16-12-15(13-17(3)10-11-18)8-6-4-5-7-9-15/h14,16,18H,4-13H2,1-3H3. The lowest BCUT2D eigenvalue weighted by Crippen LogP contribution is -2.45. The Hall–Kier alpha value is -0.120. The van der Waals surface area contributed by atoms with Crippen molar-refractivity contribution in [1.29, 1.82) is 0 Å². The molecule has 0 spiro atoms. The summed E-state index contributed by atoms with van der Waals surface area (Å²) in [5.74, 6) is 0. The van der Waals surface area contributed by atoms with Gasteiger partial charge in [-0.25, -0.2) is 0 Å². The average molecular weight is 256 g/mol. The highest BCUT2D eigenvalue weighted by Gasteiger charge is 2.31. The lowest BCUT2D eigenvalue weighted by molar-refractivity contribution is 0.125. The molecule has 1 rings (SSSR count). The van der Waals surface area contributed by atoms with Gasteiger partial charge in [0.25, 0.3) is 0 Å². The summed E-state index contributed by atoms with van der Waals surface area (Å²) in [5.41, 5.74) is 0.421. The van der Waals surface area contributed by atoms with Crippen molar-refractivity contribution in [3.63, 3.8) is 0 Å². The van der Waals surface area contributed by atoms with Crippen LogP contribution in [0.15, 0.2) is 0 Å². The maximum absolute atomic E-state index is 9.07. The second kappa shape index (κ2) is 8.13. The summed E-state index contributed by atoms with van der Waals surface area (Å²) in [6.45, 7) is 7.75. The third-order valence-corrected chi connectivity index (χ3v) is 4.14. The van der Waals surface area contributed by atoms with Crippen molar-refractivity contribution in [2.45, 2.75) is 58.4 Å². The third-order valence-electron chi connectivity index (χ3n) is 4.14. The number of nitrogens with one attached hydrogen (secondary N) is 1. The van der Waals surface area contributed by atoms with E-state index < -0.39 is 0 Å². The molecule has 0 saturated heterocycles. The van der Waals surface area contributed by atoms with Crippen LogP contribution in [0.2, 0.25) is 0 Å². The quantitative estimate of drug-likeness (QED) is 0.686. The normalized spacial score (nSPS) is 20.3. The Morgan fingerprint density at radius 1 is 1.17 bits per heavy atom. The van der Waals surface area contributed by atoms with Gasteiger partial charge in [-0.3, -0.25) is 0 Å². The summed E-state index contributed by atoms with van der Waals surface area (Å²) in [7, 11) is 2.14. The highest BCUT2D eigenvalue weighted by Crippen LogP contribution is 2.35. The van der Waals surface area contributed by atoms with E-state index in [2.05, 4.69) is 31.1 Å². The maximum Gasteiger partial charge on any atom is 0.0558 e. The minimum absolute atomic E-state index is 0.268. The van der Waals surface area contributed by atoms with Crippen LogP contribution in [0.3, 0.4) is 0 Å². The second-order valence-electron chi connectivity index (χ2n) is 6.41. The van der Waals surface area contributed by atoms with Gasteiger partial charge in [-0.05, 0) is 25.3 Å². The Morgan fingerprint density at radius 3 is 2.28 bits per heavy atom. The summed E-state index contributed by atoms with van der Waals surface area (Å²) in [5, 5.41) is 12.7. The van der Waals surface area contributed by atoms with Crippen LogP contribution in [0.25, 0.3) is 0 Å². The first-order valence-corrected chi connectivity index (χ1v) is 7.61. The first kappa shape index (κ1) is 15.9. The molecule has 0 heterocycles. The Labute approximate surface area is 113 Å². The smallest absolute Gasteiger partial charge is 0.0558 e. The molecule has 0 aromatic rings. The fourth-order valence-corrected chi connectivity index (χ4v) is 3.11. The zero-order valence-electron chi connectivity index (χ0n) is 12.5. The van der Waals surface area contributed by atoms with Gasteiger partial charge in [0.15, 0.2) is 0 Å².